The summed E-state index contributed by atoms with van der Waals surface area (Å²) in [7, 11) is 0. The molecule has 0 unspecified atom stereocenters. The van der Waals surface area contributed by atoms with Gasteiger partial charge in [0.1, 0.15) is 5.75 Å². The summed E-state index contributed by atoms with van der Waals surface area (Å²) >= 11 is 0. The number of nitrogens with zero attached hydrogens (tertiary/aromatic N) is 1. The lowest BCUT2D eigenvalue weighted by atomic mass is 10.0. The van der Waals surface area contributed by atoms with Gasteiger partial charge >= 0.3 is 0 Å². The number of hydrogen-bond acceptors (Lipinski definition) is 3. The Bertz CT molecular complexity index is 831. The molecule has 3 nitrogen and oxygen atoms in total. The van der Waals surface area contributed by atoms with E-state index < -0.39 is 0 Å². The minimum atomic E-state index is 0.689. The predicted octanol–water partition coefficient (Wildman–Crippen LogP) is 4.79. The third-order valence-electron chi connectivity index (χ3n) is 4.46. The van der Waals surface area contributed by atoms with Crippen molar-refractivity contribution >= 4 is 0 Å². The van der Waals surface area contributed by atoms with Crippen LogP contribution in [0, 0.1) is 6.92 Å². The predicted molar refractivity (Wildman–Crippen MR) is 107 cm³/mol. The quantitative estimate of drug-likeness (QED) is 0.596. The highest BCUT2D eigenvalue weighted by Gasteiger charge is 2.05. The van der Waals surface area contributed by atoms with Crippen molar-refractivity contribution in [2.45, 2.75) is 26.8 Å². The zero-order valence-corrected chi connectivity index (χ0v) is 15.5. The van der Waals surface area contributed by atoms with E-state index in [2.05, 4.69) is 59.7 Å². The van der Waals surface area contributed by atoms with Gasteiger partial charge in [0.05, 0.1) is 6.61 Å². The molecule has 0 bridgehead atoms. The Hall–Kier alpha value is -2.65. The molecule has 1 aromatic heterocycles. The second kappa shape index (κ2) is 9.16. The van der Waals surface area contributed by atoms with Crippen LogP contribution in [0.5, 0.6) is 5.75 Å². The van der Waals surface area contributed by atoms with Crippen LogP contribution in [0.25, 0.3) is 11.1 Å². The van der Waals surface area contributed by atoms with Crippen LogP contribution in [0.3, 0.4) is 0 Å². The molecule has 3 aromatic rings. The van der Waals surface area contributed by atoms with Crippen LogP contribution in [0.2, 0.25) is 0 Å². The summed E-state index contributed by atoms with van der Waals surface area (Å²) in [5.41, 5.74) is 5.97. The fourth-order valence-electron chi connectivity index (χ4n) is 3.01. The Morgan fingerprint density at radius 2 is 1.69 bits per heavy atom. The average molecular weight is 346 g/mol. The third kappa shape index (κ3) is 4.70. The highest BCUT2D eigenvalue weighted by molar-refractivity contribution is 5.63. The maximum atomic E-state index is 5.69. The number of pyridine rings is 1. The Balaban J connectivity index is 1.60. The highest BCUT2D eigenvalue weighted by Crippen LogP contribution is 2.21. The molecule has 3 heteroatoms. The zero-order valence-electron chi connectivity index (χ0n) is 15.5. The zero-order chi connectivity index (χ0) is 18.2. The first kappa shape index (κ1) is 18.2. The standard InChI is InChI=1S/C23H26N2O/c1-3-26-23-12-8-7-11-21(23)16-24-14-13-20-15-22(17-25-18(20)2)19-9-5-4-6-10-19/h4-12,15,17,24H,3,13-14,16H2,1-2H3. The van der Waals surface area contributed by atoms with Crippen molar-refractivity contribution in [3.8, 4) is 16.9 Å². The van der Waals surface area contributed by atoms with E-state index in [1.807, 2.05) is 31.3 Å². The van der Waals surface area contributed by atoms with Gasteiger partial charge in [-0.1, -0.05) is 48.5 Å². The van der Waals surface area contributed by atoms with Crippen molar-refractivity contribution in [3.63, 3.8) is 0 Å². The van der Waals surface area contributed by atoms with E-state index in [9.17, 15) is 0 Å². The van der Waals surface area contributed by atoms with Gasteiger partial charge in [0, 0.05) is 29.6 Å². The number of aromatic nitrogens is 1. The summed E-state index contributed by atoms with van der Waals surface area (Å²) in [6.07, 6.45) is 2.91. The normalized spacial score (nSPS) is 10.7. The topological polar surface area (TPSA) is 34.1 Å². The first-order valence-corrected chi connectivity index (χ1v) is 9.20. The van der Waals surface area contributed by atoms with Crippen LogP contribution in [0.1, 0.15) is 23.7 Å². The lowest BCUT2D eigenvalue weighted by Gasteiger charge is -2.12. The Morgan fingerprint density at radius 3 is 2.50 bits per heavy atom. The van der Waals surface area contributed by atoms with Crippen molar-refractivity contribution in [2.75, 3.05) is 13.2 Å². The van der Waals surface area contributed by atoms with Gasteiger partial charge in [-0.05, 0) is 50.1 Å². The molecule has 0 fully saturated rings. The second-order valence-electron chi connectivity index (χ2n) is 6.30. The van der Waals surface area contributed by atoms with Gasteiger partial charge < -0.3 is 10.1 Å². The number of ether oxygens (including phenoxy) is 1. The molecule has 0 aliphatic rings. The number of benzene rings is 2. The highest BCUT2D eigenvalue weighted by atomic mass is 16.5. The summed E-state index contributed by atoms with van der Waals surface area (Å²) in [5, 5.41) is 3.53. The maximum absolute atomic E-state index is 5.69. The van der Waals surface area contributed by atoms with Gasteiger partial charge in [0.15, 0.2) is 0 Å². The first-order chi connectivity index (χ1) is 12.8. The van der Waals surface area contributed by atoms with Crippen LogP contribution in [-0.2, 0) is 13.0 Å². The Labute approximate surface area is 156 Å². The molecule has 3 rings (SSSR count). The van der Waals surface area contributed by atoms with E-state index in [1.54, 1.807) is 0 Å². The smallest absolute Gasteiger partial charge is 0.123 e. The van der Waals surface area contributed by atoms with E-state index in [1.165, 1.54) is 22.3 Å². The minimum Gasteiger partial charge on any atom is -0.494 e. The molecule has 0 radical (unpaired) electrons. The lowest BCUT2D eigenvalue weighted by Crippen LogP contribution is -2.18. The second-order valence-corrected chi connectivity index (χ2v) is 6.30. The summed E-state index contributed by atoms with van der Waals surface area (Å²) in [4.78, 5) is 4.58. The van der Waals surface area contributed by atoms with E-state index in [0.717, 1.165) is 31.0 Å². The van der Waals surface area contributed by atoms with Crippen molar-refractivity contribution in [3.05, 3.63) is 83.7 Å². The molecule has 1 heterocycles. The molecule has 26 heavy (non-hydrogen) atoms. The summed E-state index contributed by atoms with van der Waals surface area (Å²) in [5.74, 6) is 0.964. The van der Waals surface area contributed by atoms with Gasteiger partial charge in [-0.3, -0.25) is 4.98 Å². The van der Waals surface area contributed by atoms with Gasteiger partial charge in [0.25, 0.3) is 0 Å². The van der Waals surface area contributed by atoms with Crippen molar-refractivity contribution in [2.24, 2.45) is 0 Å². The molecule has 134 valence electrons. The summed E-state index contributed by atoms with van der Waals surface area (Å²) in [6.45, 7) is 6.49. The monoisotopic (exact) mass is 346 g/mol. The van der Waals surface area contributed by atoms with Gasteiger partial charge in [-0.25, -0.2) is 0 Å². The lowest BCUT2D eigenvalue weighted by molar-refractivity contribution is 0.335. The molecule has 0 saturated heterocycles. The first-order valence-electron chi connectivity index (χ1n) is 9.20. The fourth-order valence-corrected chi connectivity index (χ4v) is 3.01. The van der Waals surface area contributed by atoms with E-state index >= 15 is 0 Å². The number of para-hydroxylation sites is 1. The molecule has 0 aliphatic carbocycles. The molecule has 0 atom stereocenters. The number of hydrogen-bond donors (Lipinski definition) is 1. The minimum absolute atomic E-state index is 0.689. The van der Waals surface area contributed by atoms with E-state index in [-0.39, 0.29) is 0 Å². The molecule has 0 amide bonds. The molecule has 0 spiro atoms. The molecule has 2 aromatic carbocycles. The molecule has 1 N–H and O–H groups in total. The Morgan fingerprint density at radius 1 is 0.923 bits per heavy atom. The molecular formula is C23H26N2O. The number of nitrogens with one attached hydrogen (secondary N) is 1. The molecule has 0 saturated carbocycles. The van der Waals surface area contributed by atoms with Gasteiger partial charge in [0.2, 0.25) is 0 Å². The average Bonchev–Trinajstić information content (AvgIpc) is 2.68. The van der Waals surface area contributed by atoms with Gasteiger partial charge in [-0.15, -0.1) is 0 Å². The van der Waals surface area contributed by atoms with Crippen LogP contribution in [0.4, 0.5) is 0 Å². The SMILES string of the molecule is CCOc1ccccc1CNCCc1cc(-c2ccccc2)cnc1C. The van der Waals surface area contributed by atoms with Crippen molar-refractivity contribution in [1.29, 1.82) is 0 Å². The molecular weight excluding hydrogens is 320 g/mol. The molecule has 0 aliphatic heterocycles. The van der Waals surface area contributed by atoms with Crippen LogP contribution in [0.15, 0.2) is 66.9 Å². The van der Waals surface area contributed by atoms with Crippen molar-refractivity contribution < 1.29 is 4.74 Å². The van der Waals surface area contributed by atoms with Crippen molar-refractivity contribution in [1.82, 2.24) is 10.3 Å². The third-order valence-corrected chi connectivity index (χ3v) is 4.46. The van der Waals surface area contributed by atoms with Crippen LogP contribution < -0.4 is 10.1 Å². The summed E-state index contributed by atoms with van der Waals surface area (Å²) < 4.78 is 5.69. The fraction of sp³-hybridized carbons (Fsp3) is 0.261. The van der Waals surface area contributed by atoms with Crippen LogP contribution >= 0.6 is 0 Å². The Kier molecular flexibility index (Phi) is 6.39. The van der Waals surface area contributed by atoms with E-state index in [0.29, 0.717) is 6.61 Å². The maximum Gasteiger partial charge on any atom is 0.123 e. The van der Waals surface area contributed by atoms with Gasteiger partial charge in [-0.2, -0.15) is 0 Å². The number of rotatable bonds is 8. The largest absolute Gasteiger partial charge is 0.494 e. The van der Waals surface area contributed by atoms with Crippen LogP contribution in [-0.4, -0.2) is 18.1 Å². The van der Waals surface area contributed by atoms with E-state index in [4.69, 9.17) is 4.74 Å². The number of aryl methyl sites for hydroxylation is 1. The summed E-state index contributed by atoms with van der Waals surface area (Å²) in [6, 6.07) is 20.9.